The largest absolute Gasteiger partial charge is 0.324 e. The summed E-state index contributed by atoms with van der Waals surface area (Å²) >= 11 is 6.17. The summed E-state index contributed by atoms with van der Waals surface area (Å²) in [5.74, 6) is 0. The van der Waals surface area contributed by atoms with Crippen LogP contribution in [0.1, 0.15) is 29.5 Å². The molecular formula is C13H14ClN. The van der Waals surface area contributed by atoms with Gasteiger partial charge in [0.1, 0.15) is 0 Å². The summed E-state index contributed by atoms with van der Waals surface area (Å²) in [5.41, 5.74) is 12.9. The number of halogens is 1. The van der Waals surface area contributed by atoms with Crippen molar-refractivity contribution in [1.82, 2.24) is 0 Å². The van der Waals surface area contributed by atoms with Crippen molar-refractivity contribution in [2.75, 3.05) is 0 Å². The fraction of sp³-hybridized carbons (Fsp3) is 0.385. The van der Waals surface area contributed by atoms with Gasteiger partial charge in [0.15, 0.2) is 0 Å². The Balaban J connectivity index is 2.15. The molecule has 1 unspecified atom stereocenters. The zero-order chi connectivity index (χ0) is 10.6. The van der Waals surface area contributed by atoms with E-state index in [-0.39, 0.29) is 6.04 Å². The van der Waals surface area contributed by atoms with Gasteiger partial charge in [0.05, 0.1) is 0 Å². The van der Waals surface area contributed by atoms with Gasteiger partial charge in [-0.25, -0.2) is 0 Å². The zero-order valence-electron chi connectivity index (χ0n) is 8.81. The monoisotopic (exact) mass is 219 g/mol. The molecule has 15 heavy (non-hydrogen) atoms. The standard InChI is InChI=1S/C13H14ClN/c1-7-4-8-5-11-9(2-3-13(11)15)10(8)6-12(7)14/h4,6,13H,2-3,5,15H2,1H3. The number of hydrogen-bond donors (Lipinski definition) is 1. The molecule has 0 amide bonds. The molecule has 1 aromatic carbocycles. The first-order valence-corrected chi connectivity index (χ1v) is 5.81. The molecule has 1 aromatic rings. The second-order valence-electron chi connectivity index (χ2n) is 4.58. The Morgan fingerprint density at radius 1 is 1.40 bits per heavy atom. The average molecular weight is 220 g/mol. The molecule has 1 nitrogen and oxygen atoms in total. The second-order valence-corrected chi connectivity index (χ2v) is 4.99. The van der Waals surface area contributed by atoms with E-state index in [9.17, 15) is 0 Å². The van der Waals surface area contributed by atoms with Gasteiger partial charge in [0.2, 0.25) is 0 Å². The molecule has 2 heteroatoms. The Morgan fingerprint density at radius 2 is 2.20 bits per heavy atom. The summed E-state index contributed by atoms with van der Waals surface area (Å²) in [6.45, 7) is 2.06. The lowest BCUT2D eigenvalue weighted by molar-refractivity contribution is 0.735. The topological polar surface area (TPSA) is 26.0 Å². The number of hydrogen-bond acceptors (Lipinski definition) is 1. The van der Waals surface area contributed by atoms with Crippen molar-refractivity contribution < 1.29 is 0 Å². The van der Waals surface area contributed by atoms with Crippen molar-refractivity contribution in [3.63, 3.8) is 0 Å². The van der Waals surface area contributed by atoms with Crippen LogP contribution in [0.5, 0.6) is 0 Å². The fourth-order valence-electron chi connectivity index (χ4n) is 2.78. The second kappa shape index (κ2) is 3.10. The maximum atomic E-state index is 6.17. The number of fused-ring (bicyclic) bond motifs is 2. The number of aryl methyl sites for hydroxylation is 1. The first kappa shape index (κ1) is 9.44. The molecule has 0 fully saturated rings. The van der Waals surface area contributed by atoms with E-state index in [4.69, 9.17) is 17.3 Å². The van der Waals surface area contributed by atoms with E-state index in [1.165, 1.54) is 27.8 Å². The van der Waals surface area contributed by atoms with Gasteiger partial charge in [-0.05, 0) is 60.1 Å². The third kappa shape index (κ3) is 1.27. The minimum atomic E-state index is 0.284. The molecule has 0 radical (unpaired) electrons. The number of rotatable bonds is 0. The fourth-order valence-corrected chi connectivity index (χ4v) is 2.94. The van der Waals surface area contributed by atoms with Crippen LogP contribution >= 0.6 is 11.6 Å². The van der Waals surface area contributed by atoms with Crippen LogP contribution < -0.4 is 5.73 Å². The summed E-state index contributed by atoms with van der Waals surface area (Å²) in [4.78, 5) is 0. The van der Waals surface area contributed by atoms with Crippen LogP contribution in [-0.4, -0.2) is 6.04 Å². The minimum Gasteiger partial charge on any atom is -0.324 e. The van der Waals surface area contributed by atoms with E-state index < -0.39 is 0 Å². The van der Waals surface area contributed by atoms with Crippen molar-refractivity contribution in [3.8, 4) is 0 Å². The first-order chi connectivity index (χ1) is 7.16. The molecule has 0 bridgehead atoms. The molecule has 0 heterocycles. The highest BCUT2D eigenvalue weighted by Crippen LogP contribution is 2.43. The molecule has 0 aromatic heterocycles. The summed E-state index contributed by atoms with van der Waals surface area (Å²) in [5, 5.41) is 0.878. The third-order valence-electron chi connectivity index (χ3n) is 3.63. The van der Waals surface area contributed by atoms with E-state index in [0.29, 0.717) is 0 Å². The van der Waals surface area contributed by atoms with Gasteiger partial charge in [-0.1, -0.05) is 17.7 Å². The first-order valence-electron chi connectivity index (χ1n) is 5.43. The summed E-state index contributed by atoms with van der Waals surface area (Å²) in [7, 11) is 0. The Labute approximate surface area is 94.9 Å². The van der Waals surface area contributed by atoms with Gasteiger partial charge in [0, 0.05) is 11.1 Å². The van der Waals surface area contributed by atoms with Gasteiger partial charge in [-0.15, -0.1) is 0 Å². The van der Waals surface area contributed by atoms with Crippen LogP contribution in [0.15, 0.2) is 17.7 Å². The molecule has 0 spiro atoms. The van der Waals surface area contributed by atoms with Crippen molar-refractivity contribution in [2.24, 2.45) is 5.73 Å². The van der Waals surface area contributed by atoms with E-state index in [0.717, 1.165) is 24.3 Å². The number of nitrogens with two attached hydrogens (primary N) is 1. The van der Waals surface area contributed by atoms with Gasteiger partial charge in [-0.2, -0.15) is 0 Å². The minimum absolute atomic E-state index is 0.284. The van der Waals surface area contributed by atoms with Crippen LogP contribution in [0.25, 0.3) is 5.57 Å². The lowest BCUT2D eigenvalue weighted by atomic mass is 10.00. The molecule has 0 saturated carbocycles. The number of benzene rings is 1. The van der Waals surface area contributed by atoms with Crippen molar-refractivity contribution in [2.45, 2.75) is 32.2 Å². The van der Waals surface area contributed by atoms with Crippen LogP contribution in [0.2, 0.25) is 5.02 Å². The highest BCUT2D eigenvalue weighted by atomic mass is 35.5. The Hall–Kier alpha value is -0.790. The Kier molecular flexibility index (Phi) is 1.95. The Morgan fingerprint density at radius 3 is 3.00 bits per heavy atom. The van der Waals surface area contributed by atoms with E-state index in [2.05, 4.69) is 19.1 Å². The van der Waals surface area contributed by atoms with Gasteiger partial charge < -0.3 is 5.73 Å². The van der Waals surface area contributed by atoms with E-state index in [1.54, 1.807) is 0 Å². The molecule has 2 aliphatic carbocycles. The lowest BCUT2D eigenvalue weighted by Crippen LogP contribution is -2.19. The normalized spacial score (nSPS) is 23.3. The maximum Gasteiger partial charge on any atom is 0.0441 e. The predicted molar refractivity (Wildman–Crippen MR) is 64.0 cm³/mol. The Bertz CT molecular complexity index is 474. The summed E-state index contributed by atoms with van der Waals surface area (Å²) in [6.07, 6.45) is 3.28. The molecule has 0 saturated heterocycles. The lowest BCUT2D eigenvalue weighted by Gasteiger charge is -2.09. The number of allylic oxidation sites excluding steroid dienone is 1. The third-order valence-corrected chi connectivity index (χ3v) is 4.04. The van der Waals surface area contributed by atoms with Crippen LogP contribution in [0, 0.1) is 6.92 Å². The molecule has 78 valence electrons. The van der Waals surface area contributed by atoms with Crippen molar-refractivity contribution in [3.05, 3.63) is 39.4 Å². The van der Waals surface area contributed by atoms with E-state index >= 15 is 0 Å². The van der Waals surface area contributed by atoms with E-state index in [1.807, 2.05) is 0 Å². The van der Waals surface area contributed by atoms with Crippen LogP contribution in [0.3, 0.4) is 0 Å². The molecule has 1 atom stereocenters. The van der Waals surface area contributed by atoms with Gasteiger partial charge >= 0.3 is 0 Å². The highest BCUT2D eigenvalue weighted by molar-refractivity contribution is 6.31. The molecule has 3 rings (SSSR count). The molecule has 2 N–H and O–H groups in total. The highest BCUT2D eigenvalue weighted by Gasteiger charge is 2.30. The maximum absolute atomic E-state index is 6.17. The SMILES string of the molecule is Cc1cc2c(cc1Cl)C1=C(C2)C(N)CC1. The summed E-state index contributed by atoms with van der Waals surface area (Å²) in [6, 6.07) is 4.61. The summed E-state index contributed by atoms with van der Waals surface area (Å²) < 4.78 is 0. The van der Waals surface area contributed by atoms with Gasteiger partial charge in [0.25, 0.3) is 0 Å². The predicted octanol–water partition coefficient (Wildman–Crippen LogP) is 3.08. The smallest absolute Gasteiger partial charge is 0.0441 e. The average Bonchev–Trinajstić information content (AvgIpc) is 2.70. The van der Waals surface area contributed by atoms with Crippen LogP contribution in [-0.2, 0) is 6.42 Å². The van der Waals surface area contributed by atoms with Crippen molar-refractivity contribution >= 4 is 17.2 Å². The van der Waals surface area contributed by atoms with Crippen LogP contribution in [0.4, 0.5) is 0 Å². The van der Waals surface area contributed by atoms with Crippen molar-refractivity contribution in [1.29, 1.82) is 0 Å². The molecular weight excluding hydrogens is 206 g/mol. The zero-order valence-corrected chi connectivity index (χ0v) is 9.56. The van der Waals surface area contributed by atoms with Gasteiger partial charge in [-0.3, -0.25) is 0 Å². The molecule has 2 aliphatic rings. The molecule has 0 aliphatic heterocycles. The quantitative estimate of drug-likeness (QED) is 0.713.